The molecule has 2 amide bonds. The number of hydrogen-bond donors (Lipinski definition) is 2. The fourth-order valence-electron chi connectivity index (χ4n) is 2.52. The average Bonchev–Trinajstić information content (AvgIpc) is 2.61. The maximum atomic E-state index is 12.3. The van der Waals surface area contributed by atoms with Crippen LogP contribution >= 0.6 is 0 Å². The van der Waals surface area contributed by atoms with Crippen molar-refractivity contribution in [2.24, 2.45) is 0 Å². The number of carbonyl (C=O) groups excluding carboxylic acids is 2. The maximum Gasteiger partial charge on any atom is 0.337 e. The molecule has 2 aromatic carbocycles. The minimum Gasteiger partial charge on any atom is -0.465 e. The van der Waals surface area contributed by atoms with E-state index in [9.17, 15) is 9.59 Å². The fraction of sp³-hybridized carbons (Fsp3) is 0.263. The van der Waals surface area contributed by atoms with E-state index in [-0.39, 0.29) is 6.03 Å². The van der Waals surface area contributed by atoms with Gasteiger partial charge in [0.05, 0.1) is 12.7 Å². The van der Waals surface area contributed by atoms with Gasteiger partial charge < -0.3 is 15.4 Å². The van der Waals surface area contributed by atoms with Gasteiger partial charge in [0, 0.05) is 11.4 Å². The summed E-state index contributed by atoms with van der Waals surface area (Å²) in [5.41, 5.74) is 3.95. The van der Waals surface area contributed by atoms with Crippen molar-refractivity contribution >= 4 is 23.4 Å². The first kappa shape index (κ1) is 17.5. The number of aryl methyl sites for hydroxylation is 2. The van der Waals surface area contributed by atoms with Gasteiger partial charge in [-0.25, -0.2) is 9.59 Å². The number of urea groups is 1. The SMILES string of the molecule is CCc1cccc(CC)c1NC(=O)Nc1cccc(C(=O)OC)c1. The zero-order valence-corrected chi connectivity index (χ0v) is 14.2. The lowest BCUT2D eigenvalue weighted by atomic mass is 10.0. The molecule has 2 rings (SSSR count). The number of nitrogens with one attached hydrogen (secondary N) is 2. The van der Waals surface area contributed by atoms with E-state index in [2.05, 4.69) is 29.2 Å². The number of carbonyl (C=O) groups is 2. The lowest BCUT2D eigenvalue weighted by molar-refractivity contribution is 0.0600. The van der Waals surface area contributed by atoms with Gasteiger partial charge in [0.15, 0.2) is 0 Å². The molecule has 0 heterocycles. The molecule has 5 heteroatoms. The molecule has 0 saturated heterocycles. The largest absolute Gasteiger partial charge is 0.465 e. The standard InChI is InChI=1S/C19H22N2O3/c1-4-13-8-6-9-14(5-2)17(13)21-19(23)20-16-11-7-10-15(12-16)18(22)24-3/h6-12H,4-5H2,1-3H3,(H2,20,21,23). The number of amides is 2. The molecule has 0 spiro atoms. The Morgan fingerprint density at radius 2 is 1.58 bits per heavy atom. The Morgan fingerprint density at radius 3 is 2.17 bits per heavy atom. The molecule has 24 heavy (non-hydrogen) atoms. The summed E-state index contributed by atoms with van der Waals surface area (Å²) in [7, 11) is 1.32. The predicted molar refractivity (Wildman–Crippen MR) is 95.6 cm³/mol. The number of para-hydroxylation sites is 1. The molecule has 0 atom stereocenters. The first-order valence-electron chi connectivity index (χ1n) is 7.96. The zero-order valence-electron chi connectivity index (χ0n) is 14.2. The van der Waals surface area contributed by atoms with Gasteiger partial charge in [0.25, 0.3) is 0 Å². The number of rotatable bonds is 5. The Kier molecular flexibility index (Phi) is 5.95. The van der Waals surface area contributed by atoms with Crippen LogP contribution in [0.25, 0.3) is 0 Å². The molecule has 0 aliphatic heterocycles. The second-order valence-corrected chi connectivity index (χ2v) is 5.31. The van der Waals surface area contributed by atoms with Crippen LogP contribution in [0.3, 0.4) is 0 Å². The first-order chi connectivity index (χ1) is 11.6. The van der Waals surface area contributed by atoms with Crippen LogP contribution in [0.5, 0.6) is 0 Å². The predicted octanol–water partition coefficient (Wildman–Crippen LogP) is 4.24. The van der Waals surface area contributed by atoms with E-state index >= 15 is 0 Å². The number of anilines is 2. The van der Waals surface area contributed by atoms with Crippen LogP contribution in [0.1, 0.15) is 35.3 Å². The summed E-state index contributed by atoms with van der Waals surface area (Å²) in [6, 6.07) is 12.3. The Hall–Kier alpha value is -2.82. The van der Waals surface area contributed by atoms with Crippen LogP contribution in [0, 0.1) is 0 Å². The second kappa shape index (κ2) is 8.15. The number of hydrogen-bond acceptors (Lipinski definition) is 3. The van der Waals surface area contributed by atoms with Crippen LogP contribution in [0.4, 0.5) is 16.2 Å². The molecule has 2 aromatic rings. The van der Waals surface area contributed by atoms with Crippen LogP contribution in [-0.2, 0) is 17.6 Å². The Bertz CT molecular complexity index is 719. The Morgan fingerprint density at radius 1 is 0.958 bits per heavy atom. The van der Waals surface area contributed by atoms with Crippen LogP contribution in [-0.4, -0.2) is 19.1 Å². The van der Waals surface area contributed by atoms with Crippen molar-refractivity contribution in [1.82, 2.24) is 0 Å². The lowest BCUT2D eigenvalue weighted by Crippen LogP contribution is -2.21. The van der Waals surface area contributed by atoms with Crippen molar-refractivity contribution in [2.45, 2.75) is 26.7 Å². The first-order valence-corrected chi connectivity index (χ1v) is 7.96. The van der Waals surface area contributed by atoms with Crippen LogP contribution in [0.2, 0.25) is 0 Å². The quantitative estimate of drug-likeness (QED) is 0.808. The molecule has 0 radical (unpaired) electrons. The Labute approximate surface area is 142 Å². The van der Waals surface area contributed by atoms with E-state index in [0.29, 0.717) is 11.3 Å². The maximum absolute atomic E-state index is 12.3. The van der Waals surface area contributed by atoms with Gasteiger partial charge >= 0.3 is 12.0 Å². The molecular weight excluding hydrogens is 304 g/mol. The van der Waals surface area contributed by atoms with E-state index in [1.807, 2.05) is 18.2 Å². The molecule has 0 bridgehead atoms. The summed E-state index contributed by atoms with van der Waals surface area (Å²) in [4.78, 5) is 23.9. The van der Waals surface area contributed by atoms with E-state index in [0.717, 1.165) is 29.7 Å². The molecule has 2 N–H and O–H groups in total. The van der Waals surface area contributed by atoms with Gasteiger partial charge in [-0.3, -0.25) is 0 Å². The average molecular weight is 326 g/mol. The van der Waals surface area contributed by atoms with Crippen molar-refractivity contribution in [3.8, 4) is 0 Å². The highest BCUT2D eigenvalue weighted by Gasteiger charge is 2.11. The minimum atomic E-state index is -0.441. The van der Waals surface area contributed by atoms with Crippen molar-refractivity contribution in [1.29, 1.82) is 0 Å². The highest BCUT2D eigenvalue weighted by atomic mass is 16.5. The highest BCUT2D eigenvalue weighted by molar-refractivity contribution is 6.01. The van der Waals surface area contributed by atoms with Crippen molar-refractivity contribution < 1.29 is 14.3 Å². The monoisotopic (exact) mass is 326 g/mol. The number of ether oxygens (including phenoxy) is 1. The zero-order chi connectivity index (χ0) is 17.5. The summed E-state index contributed by atoms with van der Waals surface area (Å²) in [6.45, 7) is 4.11. The molecular formula is C19H22N2O3. The van der Waals surface area contributed by atoms with Crippen molar-refractivity contribution in [3.63, 3.8) is 0 Å². The van der Waals surface area contributed by atoms with Gasteiger partial charge in [-0.05, 0) is 42.2 Å². The summed E-state index contributed by atoms with van der Waals surface area (Å²) in [6.07, 6.45) is 1.67. The smallest absolute Gasteiger partial charge is 0.337 e. The summed E-state index contributed by atoms with van der Waals surface area (Å²) >= 11 is 0. The molecule has 0 aliphatic carbocycles. The summed E-state index contributed by atoms with van der Waals surface area (Å²) < 4.78 is 4.69. The summed E-state index contributed by atoms with van der Waals surface area (Å²) in [5, 5.41) is 5.68. The number of methoxy groups -OCH3 is 1. The third-order valence-electron chi connectivity index (χ3n) is 3.78. The molecule has 126 valence electrons. The van der Waals surface area contributed by atoms with Gasteiger partial charge in [0.1, 0.15) is 0 Å². The van der Waals surface area contributed by atoms with E-state index in [4.69, 9.17) is 0 Å². The molecule has 0 aliphatic rings. The highest BCUT2D eigenvalue weighted by Crippen LogP contribution is 2.23. The third-order valence-corrected chi connectivity index (χ3v) is 3.78. The molecule has 0 fully saturated rings. The van der Waals surface area contributed by atoms with Crippen LogP contribution < -0.4 is 10.6 Å². The van der Waals surface area contributed by atoms with Gasteiger partial charge in [-0.2, -0.15) is 0 Å². The number of benzene rings is 2. The molecule has 5 nitrogen and oxygen atoms in total. The third kappa shape index (κ3) is 4.13. The van der Waals surface area contributed by atoms with E-state index < -0.39 is 5.97 Å². The van der Waals surface area contributed by atoms with E-state index in [1.165, 1.54) is 7.11 Å². The van der Waals surface area contributed by atoms with Crippen molar-refractivity contribution in [3.05, 3.63) is 59.2 Å². The Balaban J connectivity index is 2.16. The number of esters is 1. The van der Waals surface area contributed by atoms with E-state index in [1.54, 1.807) is 24.3 Å². The normalized spacial score (nSPS) is 10.1. The molecule has 0 saturated carbocycles. The van der Waals surface area contributed by atoms with Crippen molar-refractivity contribution in [2.75, 3.05) is 17.7 Å². The van der Waals surface area contributed by atoms with Crippen LogP contribution in [0.15, 0.2) is 42.5 Å². The second-order valence-electron chi connectivity index (χ2n) is 5.31. The van der Waals surface area contributed by atoms with Gasteiger partial charge in [-0.15, -0.1) is 0 Å². The molecule has 0 unspecified atom stereocenters. The van der Waals surface area contributed by atoms with Gasteiger partial charge in [-0.1, -0.05) is 38.1 Å². The minimum absolute atomic E-state index is 0.340. The summed E-state index contributed by atoms with van der Waals surface area (Å²) in [5.74, 6) is -0.441. The fourth-order valence-corrected chi connectivity index (χ4v) is 2.52. The molecule has 0 aromatic heterocycles. The topological polar surface area (TPSA) is 67.4 Å². The lowest BCUT2D eigenvalue weighted by Gasteiger charge is -2.15. The van der Waals surface area contributed by atoms with Gasteiger partial charge in [0.2, 0.25) is 0 Å².